The van der Waals surface area contributed by atoms with E-state index < -0.39 is 0 Å². The number of imidazole rings is 1. The largest absolute Gasteiger partial charge is 0.334 e. The summed E-state index contributed by atoms with van der Waals surface area (Å²) < 4.78 is 2.09. The van der Waals surface area contributed by atoms with Gasteiger partial charge in [0.05, 0.1) is 18.6 Å². The number of nitrogens with zero attached hydrogens (tertiary/aromatic N) is 2. The number of rotatable bonds is 4. The summed E-state index contributed by atoms with van der Waals surface area (Å²) in [4.78, 5) is 4.04. The van der Waals surface area contributed by atoms with Gasteiger partial charge in [-0.15, -0.1) is 6.42 Å². The van der Waals surface area contributed by atoms with E-state index in [-0.39, 0.29) is 0 Å². The molecule has 0 aromatic carbocycles. The molecule has 1 rings (SSSR count). The lowest BCUT2D eigenvalue weighted by molar-refractivity contribution is 0.661. The Labute approximate surface area is 72.8 Å². The molecule has 64 valence electrons. The van der Waals surface area contributed by atoms with Crippen molar-refractivity contribution in [1.82, 2.24) is 14.9 Å². The fourth-order valence-corrected chi connectivity index (χ4v) is 1.04. The molecule has 0 atom stereocenters. The zero-order valence-electron chi connectivity index (χ0n) is 7.25. The Morgan fingerprint density at radius 1 is 1.75 bits per heavy atom. The SMILES string of the molecule is C#CCNCc1cncn1CC. The summed E-state index contributed by atoms with van der Waals surface area (Å²) in [7, 11) is 0. The second-order valence-electron chi connectivity index (χ2n) is 2.48. The third kappa shape index (κ3) is 2.11. The lowest BCUT2D eigenvalue weighted by Gasteiger charge is -2.03. The van der Waals surface area contributed by atoms with Crippen LogP contribution in [0.25, 0.3) is 0 Å². The van der Waals surface area contributed by atoms with Crippen LogP contribution in [0.4, 0.5) is 0 Å². The van der Waals surface area contributed by atoms with Gasteiger partial charge in [0.1, 0.15) is 0 Å². The molecule has 0 amide bonds. The van der Waals surface area contributed by atoms with Gasteiger partial charge in [-0.25, -0.2) is 4.98 Å². The minimum absolute atomic E-state index is 0.606. The maximum atomic E-state index is 5.10. The van der Waals surface area contributed by atoms with Gasteiger partial charge in [0, 0.05) is 19.3 Å². The molecule has 0 aliphatic carbocycles. The van der Waals surface area contributed by atoms with Gasteiger partial charge in [0.15, 0.2) is 0 Å². The van der Waals surface area contributed by atoms with Gasteiger partial charge >= 0.3 is 0 Å². The summed E-state index contributed by atoms with van der Waals surface area (Å²) in [5.74, 6) is 2.53. The molecule has 1 aromatic rings. The zero-order chi connectivity index (χ0) is 8.81. The third-order valence-electron chi connectivity index (χ3n) is 1.67. The van der Waals surface area contributed by atoms with Crippen molar-refractivity contribution < 1.29 is 0 Å². The molecule has 0 radical (unpaired) electrons. The Balaban J connectivity index is 2.46. The van der Waals surface area contributed by atoms with Crippen molar-refractivity contribution >= 4 is 0 Å². The predicted molar refractivity (Wildman–Crippen MR) is 48.4 cm³/mol. The molecule has 1 aromatic heterocycles. The fourth-order valence-electron chi connectivity index (χ4n) is 1.04. The van der Waals surface area contributed by atoms with E-state index in [2.05, 4.69) is 27.7 Å². The summed E-state index contributed by atoms with van der Waals surface area (Å²) in [6, 6.07) is 0. The van der Waals surface area contributed by atoms with Crippen molar-refractivity contribution in [2.24, 2.45) is 0 Å². The fraction of sp³-hybridized carbons (Fsp3) is 0.444. The molecule has 3 heteroatoms. The molecule has 1 N–H and O–H groups in total. The predicted octanol–water partition coefficient (Wildman–Crippen LogP) is 0.626. The summed E-state index contributed by atoms with van der Waals surface area (Å²) in [5, 5.41) is 3.12. The minimum atomic E-state index is 0.606. The maximum Gasteiger partial charge on any atom is 0.0948 e. The van der Waals surface area contributed by atoms with Crippen LogP contribution in [0.15, 0.2) is 12.5 Å². The highest BCUT2D eigenvalue weighted by atomic mass is 15.1. The van der Waals surface area contributed by atoms with E-state index in [0.717, 1.165) is 13.1 Å². The Kier molecular flexibility index (Phi) is 3.36. The van der Waals surface area contributed by atoms with Crippen LogP contribution in [0, 0.1) is 12.3 Å². The molecule has 3 nitrogen and oxygen atoms in total. The van der Waals surface area contributed by atoms with Gasteiger partial charge in [-0.1, -0.05) is 5.92 Å². The molecule has 0 unspecified atom stereocenters. The van der Waals surface area contributed by atoms with E-state index in [4.69, 9.17) is 6.42 Å². The standard InChI is InChI=1S/C9H13N3/c1-3-5-10-6-9-7-11-8-12(9)4-2/h1,7-8,10H,4-6H2,2H3. The number of aryl methyl sites for hydroxylation is 1. The second kappa shape index (κ2) is 4.58. The van der Waals surface area contributed by atoms with E-state index in [0.29, 0.717) is 6.54 Å². The first-order valence-electron chi connectivity index (χ1n) is 4.01. The quantitative estimate of drug-likeness (QED) is 0.521. The average molecular weight is 163 g/mol. The monoisotopic (exact) mass is 163 g/mol. The van der Waals surface area contributed by atoms with Crippen molar-refractivity contribution in [3.8, 4) is 12.3 Å². The zero-order valence-corrected chi connectivity index (χ0v) is 7.25. The van der Waals surface area contributed by atoms with Crippen LogP contribution < -0.4 is 5.32 Å². The van der Waals surface area contributed by atoms with Gasteiger partial charge in [0.25, 0.3) is 0 Å². The average Bonchev–Trinajstić information content (AvgIpc) is 2.52. The van der Waals surface area contributed by atoms with Crippen molar-refractivity contribution in [2.75, 3.05) is 6.54 Å². The van der Waals surface area contributed by atoms with Crippen LogP contribution in [-0.2, 0) is 13.1 Å². The highest BCUT2D eigenvalue weighted by Crippen LogP contribution is 1.97. The molecule has 12 heavy (non-hydrogen) atoms. The van der Waals surface area contributed by atoms with Crippen LogP contribution in [0.1, 0.15) is 12.6 Å². The molecule has 0 saturated carbocycles. The highest BCUT2D eigenvalue weighted by Gasteiger charge is 1.97. The number of aromatic nitrogens is 2. The maximum absolute atomic E-state index is 5.10. The molecular weight excluding hydrogens is 150 g/mol. The van der Waals surface area contributed by atoms with E-state index >= 15 is 0 Å². The molecule has 0 bridgehead atoms. The van der Waals surface area contributed by atoms with Gasteiger partial charge in [-0.05, 0) is 6.92 Å². The van der Waals surface area contributed by atoms with Gasteiger partial charge < -0.3 is 9.88 Å². The van der Waals surface area contributed by atoms with Crippen molar-refractivity contribution in [3.63, 3.8) is 0 Å². The van der Waals surface area contributed by atoms with Crippen LogP contribution >= 0.6 is 0 Å². The molecular formula is C9H13N3. The van der Waals surface area contributed by atoms with Gasteiger partial charge in [-0.3, -0.25) is 0 Å². The molecule has 0 saturated heterocycles. The van der Waals surface area contributed by atoms with Crippen molar-refractivity contribution in [3.05, 3.63) is 18.2 Å². The van der Waals surface area contributed by atoms with Crippen LogP contribution in [0.2, 0.25) is 0 Å². The molecule has 0 aliphatic rings. The minimum Gasteiger partial charge on any atom is -0.334 e. The topological polar surface area (TPSA) is 29.9 Å². The Morgan fingerprint density at radius 2 is 2.58 bits per heavy atom. The van der Waals surface area contributed by atoms with Gasteiger partial charge in [0.2, 0.25) is 0 Å². The van der Waals surface area contributed by atoms with E-state index in [1.165, 1.54) is 5.69 Å². The van der Waals surface area contributed by atoms with Crippen molar-refractivity contribution in [1.29, 1.82) is 0 Å². The van der Waals surface area contributed by atoms with Crippen molar-refractivity contribution in [2.45, 2.75) is 20.0 Å². The Morgan fingerprint density at radius 3 is 3.25 bits per heavy atom. The van der Waals surface area contributed by atoms with E-state index in [1.807, 2.05) is 12.5 Å². The molecule has 0 aliphatic heterocycles. The normalized spacial score (nSPS) is 9.67. The number of nitrogens with one attached hydrogen (secondary N) is 1. The number of hydrogen-bond donors (Lipinski definition) is 1. The summed E-state index contributed by atoms with van der Waals surface area (Å²) in [6.45, 7) is 4.44. The molecule has 1 heterocycles. The lowest BCUT2D eigenvalue weighted by Crippen LogP contribution is -2.15. The van der Waals surface area contributed by atoms with Crippen LogP contribution in [0.3, 0.4) is 0 Å². The first-order chi connectivity index (χ1) is 5.88. The molecule has 0 spiro atoms. The smallest absolute Gasteiger partial charge is 0.0948 e. The highest BCUT2D eigenvalue weighted by molar-refractivity contribution is 4.98. The first kappa shape index (κ1) is 8.82. The van der Waals surface area contributed by atoms with E-state index in [9.17, 15) is 0 Å². The molecule has 0 fully saturated rings. The van der Waals surface area contributed by atoms with Crippen LogP contribution in [-0.4, -0.2) is 16.1 Å². The lowest BCUT2D eigenvalue weighted by atomic mass is 10.4. The number of hydrogen-bond acceptors (Lipinski definition) is 2. The Hall–Kier alpha value is -1.27. The van der Waals surface area contributed by atoms with E-state index in [1.54, 1.807) is 0 Å². The second-order valence-corrected chi connectivity index (χ2v) is 2.48. The summed E-state index contributed by atoms with van der Waals surface area (Å²) in [6.07, 6.45) is 8.78. The summed E-state index contributed by atoms with van der Waals surface area (Å²) >= 11 is 0. The van der Waals surface area contributed by atoms with Crippen LogP contribution in [0.5, 0.6) is 0 Å². The Bertz CT molecular complexity index is 270. The summed E-state index contributed by atoms with van der Waals surface area (Å²) in [5.41, 5.74) is 1.17. The first-order valence-corrected chi connectivity index (χ1v) is 4.01. The number of terminal acetylenes is 1. The third-order valence-corrected chi connectivity index (χ3v) is 1.67. The van der Waals surface area contributed by atoms with Gasteiger partial charge in [-0.2, -0.15) is 0 Å².